The van der Waals surface area contributed by atoms with Gasteiger partial charge in [-0.15, -0.1) is 6.42 Å². The monoisotopic (exact) mass is 166 g/mol. The molecule has 66 valence electrons. The van der Waals surface area contributed by atoms with E-state index in [0.717, 1.165) is 0 Å². The van der Waals surface area contributed by atoms with Crippen LogP contribution in [0, 0.1) is 18.3 Å². The van der Waals surface area contributed by atoms with Crippen molar-refractivity contribution >= 4 is 5.97 Å². The van der Waals surface area contributed by atoms with E-state index >= 15 is 0 Å². The molecule has 0 bridgehead atoms. The molecule has 1 rings (SSSR count). The molecule has 0 aromatic rings. The van der Waals surface area contributed by atoms with Crippen LogP contribution in [0.3, 0.4) is 0 Å². The van der Waals surface area contributed by atoms with Crippen LogP contribution in [0.1, 0.15) is 32.6 Å². The van der Waals surface area contributed by atoms with Crippen molar-refractivity contribution in [2.45, 2.75) is 38.7 Å². The van der Waals surface area contributed by atoms with Gasteiger partial charge in [0.25, 0.3) is 0 Å². The van der Waals surface area contributed by atoms with Crippen molar-refractivity contribution in [1.29, 1.82) is 0 Å². The molecule has 0 aromatic carbocycles. The zero-order valence-electron chi connectivity index (χ0n) is 7.38. The van der Waals surface area contributed by atoms with Crippen LogP contribution in [0.2, 0.25) is 0 Å². The second-order valence-electron chi connectivity index (χ2n) is 3.30. The highest BCUT2D eigenvalue weighted by Crippen LogP contribution is 2.28. The molecule has 0 spiro atoms. The zero-order chi connectivity index (χ0) is 8.97. The van der Waals surface area contributed by atoms with E-state index in [2.05, 4.69) is 0 Å². The highest BCUT2D eigenvalue weighted by atomic mass is 16.5. The van der Waals surface area contributed by atoms with Crippen molar-refractivity contribution in [2.24, 2.45) is 5.92 Å². The molecule has 1 aliphatic carbocycles. The molecule has 2 heteroatoms. The molecule has 12 heavy (non-hydrogen) atoms. The third-order valence-electron chi connectivity index (χ3n) is 2.47. The molecule has 1 unspecified atom stereocenters. The number of esters is 1. The van der Waals surface area contributed by atoms with Gasteiger partial charge < -0.3 is 4.74 Å². The summed E-state index contributed by atoms with van der Waals surface area (Å²) in [6.07, 6.45) is 9.73. The molecule has 1 atom stereocenters. The summed E-state index contributed by atoms with van der Waals surface area (Å²) in [7, 11) is 0. The molecule has 0 saturated heterocycles. The minimum absolute atomic E-state index is 0.00366. The Morgan fingerprint density at radius 3 is 2.67 bits per heavy atom. The van der Waals surface area contributed by atoms with Gasteiger partial charge in [-0.1, -0.05) is 12.8 Å². The van der Waals surface area contributed by atoms with Crippen LogP contribution in [-0.2, 0) is 9.53 Å². The highest BCUT2D eigenvalue weighted by molar-refractivity contribution is 5.87. The molecule has 0 amide bonds. The molecular formula is C10H14O2. The lowest BCUT2D eigenvalue weighted by atomic mass is 10.0. The van der Waals surface area contributed by atoms with Crippen molar-refractivity contribution in [3.05, 3.63) is 0 Å². The topological polar surface area (TPSA) is 26.3 Å². The molecule has 0 radical (unpaired) electrons. The first-order valence-corrected chi connectivity index (χ1v) is 4.41. The summed E-state index contributed by atoms with van der Waals surface area (Å²) >= 11 is 0. The second-order valence-corrected chi connectivity index (χ2v) is 3.30. The van der Waals surface area contributed by atoms with E-state index in [0.29, 0.717) is 5.92 Å². The molecule has 0 aliphatic heterocycles. The van der Waals surface area contributed by atoms with Crippen LogP contribution < -0.4 is 0 Å². The summed E-state index contributed by atoms with van der Waals surface area (Å²) in [5, 5.41) is 0. The van der Waals surface area contributed by atoms with Gasteiger partial charge in [0.1, 0.15) is 6.10 Å². The lowest BCUT2D eigenvalue weighted by Gasteiger charge is -2.17. The summed E-state index contributed by atoms with van der Waals surface area (Å²) in [6, 6.07) is 0. The van der Waals surface area contributed by atoms with E-state index in [1.165, 1.54) is 25.7 Å². The Kier molecular flexibility index (Phi) is 3.16. The van der Waals surface area contributed by atoms with Crippen molar-refractivity contribution in [3.8, 4) is 12.3 Å². The minimum Gasteiger partial charge on any atom is -0.453 e. The van der Waals surface area contributed by atoms with Crippen LogP contribution in [0.4, 0.5) is 0 Å². The number of rotatable bonds is 2. The van der Waals surface area contributed by atoms with E-state index in [1.807, 2.05) is 12.8 Å². The Morgan fingerprint density at radius 2 is 2.17 bits per heavy atom. The molecule has 0 N–H and O–H groups in total. The average molecular weight is 166 g/mol. The van der Waals surface area contributed by atoms with Gasteiger partial charge in [0.05, 0.1) is 0 Å². The number of carbonyl (C=O) groups excluding carboxylic acids is 1. The summed E-state index contributed by atoms with van der Waals surface area (Å²) in [6.45, 7) is 1.92. The van der Waals surface area contributed by atoms with Gasteiger partial charge in [0.2, 0.25) is 0 Å². The normalized spacial score (nSPS) is 20.0. The van der Waals surface area contributed by atoms with E-state index in [1.54, 1.807) is 0 Å². The SMILES string of the molecule is C#CC(=O)OC(C)C1CCCC1. The smallest absolute Gasteiger partial charge is 0.384 e. The van der Waals surface area contributed by atoms with Gasteiger partial charge in [0.15, 0.2) is 0 Å². The van der Waals surface area contributed by atoms with Crippen LogP contribution in [0.5, 0.6) is 0 Å². The van der Waals surface area contributed by atoms with Crippen molar-refractivity contribution in [3.63, 3.8) is 0 Å². The fraction of sp³-hybridized carbons (Fsp3) is 0.700. The third kappa shape index (κ3) is 2.27. The minimum atomic E-state index is -0.533. The maximum Gasteiger partial charge on any atom is 0.384 e. The largest absolute Gasteiger partial charge is 0.453 e. The molecule has 1 fully saturated rings. The van der Waals surface area contributed by atoms with Crippen molar-refractivity contribution in [1.82, 2.24) is 0 Å². The molecule has 1 saturated carbocycles. The molecule has 2 nitrogen and oxygen atoms in total. The van der Waals surface area contributed by atoms with Crippen LogP contribution >= 0.6 is 0 Å². The number of carbonyl (C=O) groups is 1. The van der Waals surface area contributed by atoms with Gasteiger partial charge in [0, 0.05) is 5.92 Å². The van der Waals surface area contributed by atoms with Crippen LogP contribution in [-0.4, -0.2) is 12.1 Å². The quantitative estimate of drug-likeness (QED) is 0.355. The van der Waals surface area contributed by atoms with Gasteiger partial charge in [-0.25, -0.2) is 4.79 Å². The van der Waals surface area contributed by atoms with Crippen LogP contribution in [0.15, 0.2) is 0 Å². The highest BCUT2D eigenvalue weighted by Gasteiger charge is 2.23. The average Bonchev–Trinajstić information content (AvgIpc) is 2.56. The van der Waals surface area contributed by atoms with Gasteiger partial charge in [-0.2, -0.15) is 0 Å². The second kappa shape index (κ2) is 4.15. The Balaban J connectivity index is 2.32. The first kappa shape index (κ1) is 9.12. The predicted octanol–water partition coefficient (Wildman–Crippen LogP) is 1.74. The number of hydrogen-bond donors (Lipinski definition) is 0. The number of ether oxygens (including phenoxy) is 1. The third-order valence-corrected chi connectivity index (χ3v) is 2.47. The maximum absolute atomic E-state index is 10.7. The lowest BCUT2D eigenvalue weighted by molar-refractivity contribution is -0.143. The molecule has 0 aromatic heterocycles. The number of terminal acetylenes is 1. The summed E-state index contributed by atoms with van der Waals surface area (Å²) in [5.41, 5.74) is 0. The van der Waals surface area contributed by atoms with E-state index in [9.17, 15) is 4.79 Å². The van der Waals surface area contributed by atoms with E-state index in [-0.39, 0.29) is 6.10 Å². The molecule has 0 heterocycles. The zero-order valence-corrected chi connectivity index (χ0v) is 7.38. The van der Waals surface area contributed by atoms with E-state index < -0.39 is 5.97 Å². The van der Waals surface area contributed by atoms with Crippen LogP contribution in [0.25, 0.3) is 0 Å². The van der Waals surface area contributed by atoms with E-state index in [4.69, 9.17) is 11.2 Å². The Hall–Kier alpha value is -0.970. The molecule has 1 aliphatic rings. The molecular weight excluding hydrogens is 152 g/mol. The van der Waals surface area contributed by atoms with Gasteiger partial charge in [-0.3, -0.25) is 0 Å². The Labute approximate surface area is 73.3 Å². The Morgan fingerprint density at radius 1 is 1.58 bits per heavy atom. The number of hydrogen-bond acceptors (Lipinski definition) is 2. The lowest BCUT2D eigenvalue weighted by Crippen LogP contribution is -2.21. The first-order chi connectivity index (χ1) is 5.74. The summed E-state index contributed by atoms with van der Waals surface area (Å²) in [5.74, 6) is 1.96. The van der Waals surface area contributed by atoms with Crippen molar-refractivity contribution in [2.75, 3.05) is 0 Å². The fourth-order valence-electron chi connectivity index (χ4n) is 1.73. The maximum atomic E-state index is 10.7. The van der Waals surface area contributed by atoms with Gasteiger partial charge >= 0.3 is 5.97 Å². The predicted molar refractivity (Wildman–Crippen MR) is 46.3 cm³/mol. The summed E-state index contributed by atoms with van der Waals surface area (Å²) < 4.78 is 5.01. The Bertz CT molecular complexity index is 196. The standard InChI is InChI=1S/C10H14O2/c1-3-10(11)12-8(2)9-6-4-5-7-9/h1,8-9H,4-7H2,2H3. The van der Waals surface area contributed by atoms with Crippen molar-refractivity contribution < 1.29 is 9.53 Å². The van der Waals surface area contributed by atoms with Gasteiger partial charge in [-0.05, 0) is 25.7 Å². The first-order valence-electron chi connectivity index (χ1n) is 4.41. The summed E-state index contributed by atoms with van der Waals surface area (Å²) in [4.78, 5) is 10.7. The fourth-order valence-corrected chi connectivity index (χ4v) is 1.73.